The summed E-state index contributed by atoms with van der Waals surface area (Å²) in [4.78, 5) is 21.0. The summed E-state index contributed by atoms with van der Waals surface area (Å²) in [6.07, 6.45) is 1.66. The quantitative estimate of drug-likeness (QED) is 0.450. The molecule has 0 aromatic heterocycles. The van der Waals surface area contributed by atoms with Crippen LogP contribution in [0.4, 0.5) is 0 Å². The Labute approximate surface area is 151 Å². The Morgan fingerprint density at radius 1 is 1.36 bits per heavy atom. The van der Waals surface area contributed by atoms with Gasteiger partial charge < -0.3 is 19.7 Å². The van der Waals surface area contributed by atoms with E-state index in [9.17, 15) is 4.79 Å². The number of morpholine rings is 1. The van der Waals surface area contributed by atoms with E-state index in [4.69, 9.17) is 9.47 Å². The summed E-state index contributed by atoms with van der Waals surface area (Å²) in [5.74, 6) is 0.900. The summed E-state index contributed by atoms with van der Waals surface area (Å²) in [6.45, 7) is 11.9. The third kappa shape index (κ3) is 5.57. The summed E-state index contributed by atoms with van der Waals surface area (Å²) in [5.41, 5.74) is 0. The van der Waals surface area contributed by atoms with Crippen molar-refractivity contribution in [3.63, 3.8) is 0 Å². The molecule has 0 spiro atoms. The number of rotatable bonds is 5. The SMILES string of the molecule is CCOC(=O)C1CCN(C(=NC)NCC(C)N2CCOCC2C)CC1. The fourth-order valence-electron chi connectivity index (χ4n) is 3.67. The topological polar surface area (TPSA) is 66.4 Å². The minimum Gasteiger partial charge on any atom is -0.466 e. The fourth-order valence-corrected chi connectivity index (χ4v) is 3.67. The van der Waals surface area contributed by atoms with Gasteiger partial charge in [0.15, 0.2) is 5.96 Å². The van der Waals surface area contributed by atoms with Crippen LogP contribution in [-0.4, -0.2) is 86.9 Å². The molecule has 2 unspecified atom stereocenters. The second kappa shape index (κ2) is 9.97. The van der Waals surface area contributed by atoms with Crippen molar-refractivity contribution in [3.05, 3.63) is 0 Å². The predicted octanol–water partition coefficient (Wildman–Crippen LogP) is 0.946. The standard InChI is InChI=1S/C18H34N4O3/c1-5-25-17(23)16-6-8-21(9-7-16)18(19-4)20-12-14(2)22-10-11-24-13-15(22)3/h14-16H,5-13H2,1-4H3,(H,19,20). The molecule has 0 radical (unpaired) electrons. The van der Waals surface area contributed by atoms with Crippen LogP contribution in [0.1, 0.15) is 33.6 Å². The van der Waals surface area contributed by atoms with Crippen molar-refractivity contribution in [3.8, 4) is 0 Å². The number of esters is 1. The Morgan fingerprint density at radius 2 is 2.08 bits per heavy atom. The second-order valence-electron chi connectivity index (χ2n) is 6.95. The molecule has 7 nitrogen and oxygen atoms in total. The normalized spacial score (nSPS) is 24.9. The number of guanidine groups is 1. The van der Waals surface area contributed by atoms with Crippen LogP contribution in [0.2, 0.25) is 0 Å². The number of nitrogens with one attached hydrogen (secondary N) is 1. The molecule has 2 rings (SSSR count). The molecule has 0 aromatic carbocycles. The first-order chi connectivity index (χ1) is 12.1. The molecule has 2 saturated heterocycles. The maximum Gasteiger partial charge on any atom is 0.309 e. The lowest BCUT2D eigenvalue weighted by atomic mass is 9.97. The highest BCUT2D eigenvalue weighted by Gasteiger charge is 2.28. The molecular weight excluding hydrogens is 320 g/mol. The van der Waals surface area contributed by atoms with E-state index in [-0.39, 0.29) is 11.9 Å². The van der Waals surface area contributed by atoms with E-state index < -0.39 is 0 Å². The van der Waals surface area contributed by atoms with Crippen molar-refractivity contribution in [1.29, 1.82) is 0 Å². The zero-order valence-corrected chi connectivity index (χ0v) is 16.2. The van der Waals surface area contributed by atoms with Gasteiger partial charge in [-0.25, -0.2) is 0 Å². The van der Waals surface area contributed by atoms with Gasteiger partial charge in [-0.1, -0.05) is 0 Å². The molecule has 7 heteroatoms. The third-order valence-electron chi connectivity index (χ3n) is 5.17. The molecule has 1 N–H and O–H groups in total. The maximum atomic E-state index is 11.9. The Kier molecular flexibility index (Phi) is 7.96. The van der Waals surface area contributed by atoms with Crippen molar-refractivity contribution in [2.75, 3.05) is 53.0 Å². The summed E-state index contributed by atoms with van der Waals surface area (Å²) < 4.78 is 10.7. The average molecular weight is 354 g/mol. The van der Waals surface area contributed by atoms with E-state index >= 15 is 0 Å². The van der Waals surface area contributed by atoms with Gasteiger partial charge in [0.25, 0.3) is 0 Å². The summed E-state index contributed by atoms with van der Waals surface area (Å²) >= 11 is 0. The van der Waals surface area contributed by atoms with Gasteiger partial charge in [-0.3, -0.25) is 14.7 Å². The largest absolute Gasteiger partial charge is 0.466 e. The van der Waals surface area contributed by atoms with Crippen LogP contribution in [0, 0.1) is 5.92 Å². The summed E-state index contributed by atoms with van der Waals surface area (Å²) in [5, 5.41) is 3.50. The van der Waals surface area contributed by atoms with Crippen LogP contribution < -0.4 is 5.32 Å². The van der Waals surface area contributed by atoms with Crippen LogP contribution in [0.5, 0.6) is 0 Å². The monoisotopic (exact) mass is 354 g/mol. The number of hydrogen-bond donors (Lipinski definition) is 1. The Morgan fingerprint density at radius 3 is 2.68 bits per heavy atom. The molecule has 0 bridgehead atoms. The van der Waals surface area contributed by atoms with Crippen LogP contribution >= 0.6 is 0 Å². The highest BCUT2D eigenvalue weighted by molar-refractivity contribution is 5.80. The average Bonchev–Trinajstić information content (AvgIpc) is 2.63. The molecule has 0 aliphatic carbocycles. The van der Waals surface area contributed by atoms with Crippen molar-refractivity contribution < 1.29 is 14.3 Å². The molecule has 144 valence electrons. The summed E-state index contributed by atoms with van der Waals surface area (Å²) in [6, 6.07) is 0.876. The first-order valence-corrected chi connectivity index (χ1v) is 9.52. The molecule has 0 saturated carbocycles. The van der Waals surface area contributed by atoms with Gasteiger partial charge >= 0.3 is 5.97 Å². The van der Waals surface area contributed by atoms with E-state index in [1.165, 1.54) is 0 Å². The molecule has 0 aromatic rings. The minimum atomic E-state index is -0.0555. The smallest absolute Gasteiger partial charge is 0.309 e. The molecule has 2 aliphatic heterocycles. The van der Waals surface area contributed by atoms with E-state index in [1.54, 1.807) is 0 Å². The van der Waals surface area contributed by atoms with Gasteiger partial charge in [-0.15, -0.1) is 0 Å². The van der Waals surface area contributed by atoms with E-state index in [0.717, 1.165) is 58.2 Å². The lowest BCUT2D eigenvalue weighted by Gasteiger charge is -2.39. The first kappa shape index (κ1) is 20.0. The van der Waals surface area contributed by atoms with Crippen LogP contribution in [0.15, 0.2) is 4.99 Å². The van der Waals surface area contributed by atoms with Gasteiger partial charge in [-0.05, 0) is 33.6 Å². The van der Waals surface area contributed by atoms with Crippen molar-refractivity contribution in [1.82, 2.24) is 15.1 Å². The number of piperidine rings is 1. The van der Waals surface area contributed by atoms with E-state index in [2.05, 4.69) is 34.0 Å². The van der Waals surface area contributed by atoms with Crippen LogP contribution in [0.3, 0.4) is 0 Å². The van der Waals surface area contributed by atoms with Gasteiger partial charge in [-0.2, -0.15) is 0 Å². The second-order valence-corrected chi connectivity index (χ2v) is 6.95. The maximum absolute atomic E-state index is 11.9. The van der Waals surface area contributed by atoms with Crippen LogP contribution in [0.25, 0.3) is 0 Å². The molecule has 2 atom stereocenters. The number of nitrogens with zero attached hydrogens (tertiary/aromatic N) is 3. The number of carbonyl (C=O) groups excluding carboxylic acids is 1. The van der Waals surface area contributed by atoms with Crippen molar-refractivity contribution in [2.45, 2.75) is 45.7 Å². The predicted molar refractivity (Wildman–Crippen MR) is 98.7 cm³/mol. The van der Waals surface area contributed by atoms with Crippen molar-refractivity contribution >= 4 is 11.9 Å². The Balaban J connectivity index is 1.78. The highest BCUT2D eigenvalue weighted by atomic mass is 16.5. The van der Waals surface area contributed by atoms with Gasteiger partial charge in [0.2, 0.25) is 0 Å². The lowest BCUT2D eigenvalue weighted by Crippen LogP contribution is -2.54. The molecule has 0 amide bonds. The zero-order chi connectivity index (χ0) is 18.2. The van der Waals surface area contributed by atoms with E-state index in [1.807, 2.05) is 14.0 Å². The van der Waals surface area contributed by atoms with Gasteiger partial charge in [0.1, 0.15) is 0 Å². The van der Waals surface area contributed by atoms with Gasteiger partial charge in [0, 0.05) is 45.3 Å². The van der Waals surface area contributed by atoms with Crippen molar-refractivity contribution in [2.24, 2.45) is 10.9 Å². The lowest BCUT2D eigenvalue weighted by molar-refractivity contribution is -0.149. The Hall–Kier alpha value is -1.34. The van der Waals surface area contributed by atoms with Gasteiger partial charge in [0.05, 0.1) is 25.7 Å². The molecule has 25 heavy (non-hydrogen) atoms. The molecular formula is C18H34N4O3. The fraction of sp³-hybridized carbons (Fsp3) is 0.889. The number of aliphatic imine (C=N–C) groups is 1. The number of hydrogen-bond acceptors (Lipinski definition) is 5. The molecule has 2 fully saturated rings. The van der Waals surface area contributed by atoms with E-state index in [0.29, 0.717) is 18.7 Å². The van der Waals surface area contributed by atoms with Crippen LogP contribution in [-0.2, 0) is 14.3 Å². The zero-order valence-electron chi connectivity index (χ0n) is 16.2. The number of carbonyl (C=O) groups is 1. The minimum absolute atomic E-state index is 0.0300. The molecule has 2 aliphatic rings. The Bertz CT molecular complexity index is 450. The highest BCUT2D eigenvalue weighted by Crippen LogP contribution is 2.19. The molecule has 2 heterocycles. The first-order valence-electron chi connectivity index (χ1n) is 9.52. The number of ether oxygens (including phenoxy) is 2. The third-order valence-corrected chi connectivity index (χ3v) is 5.17. The number of likely N-dealkylation sites (tertiary alicyclic amines) is 1. The summed E-state index contributed by atoms with van der Waals surface area (Å²) in [7, 11) is 1.82.